The van der Waals surface area contributed by atoms with E-state index in [4.69, 9.17) is 0 Å². The van der Waals surface area contributed by atoms with Gasteiger partial charge < -0.3 is 10.2 Å². The minimum absolute atomic E-state index is 0.00849. The van der Waals surface area contributed by atoms with Gasteiger partial charge in [0.05, 0.1) is 6.26 Å². The van der Waals surface area contributed by atoms with Crippen LogP contribution in [0.5, 0.6) is 0 Å². The predicted octanol–water partition coefficient (Wildman–Crippen LogP) is 1.15. The molecule has 1 heterocycles. The number of amides is 2. The second-order valence-corrected chi connectivity index (χ2v) is 8.97. The van der Waals surface area contributed by atoms with Gasteiger partial charge in [-0.25, -0.2) is 21.9 Å². The molecule has 2 atom stereocenters. The van der Waals surface area contributed by atoms with Crippen molar-refractivity contribution in [1.29, 1.82) is 0 Å². The van der Waals surface area contributed by atoms with Crippen molar-refractivity contribution in [2.75, 3.05) is 19.8 Å². The number of rotatable bonds is 5. The summed E-state index contributed by atoms with van der Waals surface area (Å²) in [6.45, 7) is 0.176. The Morgan fingerprint density at radius 3 is 2.46 bits per heavy atom. The van der Waals surface area contributed by atoms with Crippen molar-refractivity contribution in [2.45, 2.75) is 38.3 Å². The highest BCUT2D eigenvalue weighted by molar-refractivity contribution is 7.88. The van der Waals surface area contributed by atoms with E-state index < -0.39 is 33.6 Å². The van der Waals surface area contributed by atoms with Crippen molar-refractivity contribution in [2.24, 2.45) is 5.92 Å². The van der Waals surface area contributed by atoms with E-state index in [1.165, 1.54) is 4.90 Å². The van der Waals surface area contributed by atoms with Gasteiger partial charge in [0.2, 0.25) is 21.8 Å². The second kappa shape index (κ2) is 9.42. The number of carbonyl (C=O) groups is 2. The van der Waals surface area contributed by atoms with Crippen molar-refractivity contribution < 1.29 is 26.8 Å². The number of halogens is 2. The highest BCUT2D eigenvalue weighted by Crippen LogP contribution is 2.19. The molecule has 1 saturated heterocycles. The summed E-state index contributed by atoms with van der Waals surface area (Å²) in [5, 5.41) is 2.62. The average Bonchev–Trinajstić information content (AvgIpc) is 2.61. The Hall–Kier alpha value is -2.07. The largest absolute Gasteiger partial charge is 0.352 e. The molecule has 0 aromatic heterocycles. The van der Waals surface area contributed by atoms with E-state index in [0.717, 1.165) is 24.5 Å². The zero-order valence-corrected chi connectivity index (χ0v) is 16.7. The zero-order valence-electron chi connectivity index (χ0n) is 15.9. The van der Waals surface area contributed by atoms with E-state index in [-0.39, 0.29) is 36.9 Å². The summed E-state index contributed by atoms with van der Waals surface area (Å²) in [7, 11) is -1.84. The molecule has 1 aliphatic heterocycles. The molecule has 2 amide bonds. The highest BCUT2D eigenvalue weighted by Gasteiger charge is 2.28. The van der Waals surface area contributed by atoms with Crippen molar-refractivity contribution in [1.82, 2.24) is 14.9 Å². The van der Waals surface area contributed by atoms with Crippen LogP contribution < -0.4 is 10.0 Å². The summed E-state index contributed by atoms with van der Waals surface area (Å²) in [6.07, 6.45) is 2.51. The molecular formula is C18H25F2N3O4S. The number of benzene rings is 1. The standard InChI is InChI=1S/C18H25F2N3O4S/c1-23-11-16(22-28(2,26)27)5-3-4-13(8-17(23)24)18(25)21-10-12-6-14(19)9-15(20)7-12/h6-7,9,13,16,22H,3-5,8,10-11H2,1-2H3,(H,21,25)/t13-,16-/m1/s1. The first-order chi connectivity index (χ1) is 13.0. The summed E-state index contributed by atoms with van der Waals surface area (Å²) >= 11 is 0. The Labute approximate surface area is 163 Å². The molecule has 0 saturated carbocycles. The van der Waals surface area contributed by atoms with Crippen LogP contribution in [0.15, 0.2) is 18.2 Å². The summed E-state index contributed by atoms with van der Waals surface area (Å²) in [5.41, 5.74) is 0.287. The average molecular weight is 417 g/mol. The van der Waals surface area contributed by atoms with E-state index in [2.05, 4.69) is 10.0 Å². The third kappa shape index (κ3) is 7.16. The fourth-order valence-electron chi connectivity index (χ4n) is 3.27. The number of carbonyl (C=O) groups excluding carboxylic acids is 2. The second-order valence-electron chi connectivity index (χ2n) is 7.19. The lowest BCUT2D eigenvalue weighted by atomic mass is 9.96. The van der Waals surface area contributed by atoms with Gasteiger partial charge in [0, 0.05) is 44.6 Å². The Bertz CT molecular complexity index is 812. The molecule has 0 aliphatic carbocycles. The number of nitrogens with zero attached hydrogens (tertiary/aromatic N) is 1. The first-order valence-corrected chi connectivity index (χ1v) is 10.9. The van der Waals surface area contributed by atoms with E-state index in [1.807, 2.05) is 0 Å². The molecule has 0 bridgehead atoms. The van der Waals surface area contributed by atoms with Crippen molar-refractivity contribution in [3.63, 3.8) is 0 Å². The number of hydrogen-bond acceptors (Lipinski definition) is 4. The van der Waals surface area contributed by atoms with Gasteiger partial charge in [-0.1, -0.05) is 6.42 Å². The van der Waals surface area contributed by atoms with Crippen molar-refractivity contribution in [3.8, 4) is 0 Å². The molecule has 0 spiro atoms. The molecule has 1 aromatic carbocycles. The molecule has 1 fully saturated rings. The molecule has 7 nitrogen and oxygen atoms in total. The normalized spacial score (nSPS) is 21.6. The molecule has 10 heteroatoms. The first-order valence-electron chi connectivity index (χ1n) is 8.97. The summed E-state index contributed by atoms with van der Waals surface area (Å²) in [5.74, 6) is -2.69. The molecule has 0 radical (unpaired) electrons. The van der Waals surface area contributed by atoms with Gasteiger partial charge in [0.1, 0.15) is 11.6 Å². The van der Waals surface area contributed by atoms with Crippen LogP contribution in [0.3, 0.4) is 0 Å². The Balaban J connectivity index is 2.00. The molecule has 2 rings (SSSR count). The number of likely N-dealkylation sites (N-methyl/N-ethyl adjacent to an activating group) is 1. The van der Waals surface area contributed by atoms with Gasteiger partial charge in [-0.3, -0.25) is 9.59 Å². The van der Waals surface area contributed by atoms with Crippen LogP contribution in [0.2, 0.25) is 0 Å². The number of nitrogens with one attached hydrogen (secondary N) is 2. The molecule has 1 aliphatic rings. The fraction of sp³-hybridized carbons (Fsp3) is 0.556. The topological polar surface area (TPSA) is 95.6 Å². The fourth-order valence-corrected chi connectivity index (χ4v) is 4.07. The smallest absolute Gasteiger partial charge is 0.223 e. The van der Waals surface area contributed by atoms with Crippen LogP contribution in [0, 0.1) is 17.6 Å². The SMILES string of the molecule is CN1C[C@H](NS(C)(=O)=O)CCC[C@@H](C(=O)NCc2cc(F)cc(F)c2)CC1=O. The van der Waals surface area contributed by atoms with Crippen LogP contribution in [0.1, 0.15) is 31.2 Å². The molecular weight excluding hydrogens is 392 g/mol. The molecule has 28 heavy (non-hydrogen) atoms. The molecule has 2 N–H and O–H groups in total. The van der Waals surface area contributed by atoms with Crippen LogP contribution in [-0.4, -0.2) is 51.0 Å². The molecule has 0 unspecified atom stereocenters. The summed E-state index contributed by atoms with van der Waals surface area (Å²) in [6, 6.07) is 2.60. The lowest BCUT2D eigenvalue weighted by Gasteiger charge is -2.23. The molecule has 156 valence electrons. The van der Waals surface area contributed by atoms with Gasteiger partial charge >= 0.3 is 0 Å². The van der Waals surface area contributed by atoms with E-state index in [0.29, 0.717) is 19.3 Å². The number of sulfonamides is 1. The highest BCUT2D eigenvalue weighted by atomic mass is 32.2. The monoisotopic (exact) mass is 417 g/mol. The van der Waals surface area contributed by atoms with E-state index in [9.17, 15) is 26.8 Å². The Morgan fingerprint density at radius 1 is 1.21 bits per heavy atom. The van der Waals surface area contributed by atoms with Gasteiger partial charge in [0.15, 0.2) is 0 Å². The van der Waals surface area contributed by atoms with Crippen molar-refractivity contribution >= 4 is 21.8 Å². The Kier molecular flexibility index (Phi) is 7.48. The zero-order chi connectivity index (χ0) is 20.9. The van der Waals surface area contributed by atoms with Crippen LogP contribution in [-0.2, 0) is 26.2 Å². The van der Waals surface area contributed by atoms with Crippen LogP contribution in [0.25, 0.3) is 0 Å². The van der Waals surface area contributed by atoms with Gasteiger partial charge in [-0.05, 0) is 30.5 Å². The maximum atomic E-state index is 13.2. The third-order valence-electron chi connectivity index (χ3n) is 4.59. The predicted molar refractivity (Wildman–Crippen MR) is 99.6 cm³/mol. The van der Waals surface area contributed by atoms with Crippen LogP contribution >= 0.6 is 0 Å². The minimum Gasteiger partial charge on any atom is -0.352 e. The van der Waals surface area contributed by atoms with E-state index in [1.54, 1.807) is 7.05 Å². The minimum atomic E-state index is -3.41. The maximum Gasteiger partial charge on any atom is 0.223 e. The van der Waals surface area contributed by atoms with Gasteiger partial charge in [-0.2, -0.15) is 0 Å². The summed E-state index contributed by atoms with van der Waals surface area (Å²) < 4.78 is 52.0. The van der Waals surface area contributed by atoms with Gasteiger partial charge in [0.25, 0.3) is 0 Å². The van der Waals surface area contributed by atoms with Crippen LogP contribution in [0.4, 0.5) is 8.78 Å². The third-order valence-corrected chi connectivity index (χ3v) is 5.35. The quantitative estimate of drug-likeness (QED) is 0.751. The lowest BCUT2D eigenvalue weighted by molar-refractivity contribution is -0.135. The summed E-state index contributed by atoms with van der Waals surface area (Å²) in [4.78, 5) is 26.3. The lowest BCUT2D eigenvalue weighted by Crippen LogP contribution is -2.44. The van der Waals surface area contributed by atoms with E-state index >= 15 is 0 Å². The first kappa shape index (κ1) is 22.2. The Morgan fingerprint density at radius 2 is 1.86 bits per heavy atom. The molecule has 1 aromatic rings. The van der Waals surface area contributed by atoms with Crippen molar-refractivity contribution in [3.05, 3.63) is 35.4 Å². The maximum absolute atomic E-state index is 13.2. The van der Waals surface area contributed by atoms with Gasteiger partial charge in [-0.15, -0.1) is 0 Å². The number of hydrogen-bond donors (Lipinski definition) is 2.